The predicted molar refractivity (Wildman–Crippen MR) is 96.1 cm³/mol. The van der Waals surface area contributed by atoms with Crippen LogP contribution in [-0.2, 0) is 32.7 Å². The minimum Gasteiger partial charge on any atom is -0.375 e. The number of hydrogen-bond acceptors (Lipinski definition) is 7. The summed E-state index contributed by atoms with van der Waals surface area (Å²) < 4.78 is 9.76. The molecular weight excluding hydrogens is 364 g/mol. The fourth-order valence-electron chi connectivity index (χ4n) is 4.34. The van der Waals surface area contributed by atoms with Gasteiger partial charge in [0, 0.05) is 38.9 Å². The first kappa shape index (κ1) is 18.6. The maximum absolute atomic E-state index is 12.7. The Morgan fingerprint density at radius 1 is 1.25 bits per heavy atom. The normalized spacial score (nSPS) is 18.4. The summed E-state index contributed by atoms with van der Waals surface area (Å²) in [6.45, 7) is 3.53. The Morgan fingerprint density at radius 3 is 2.71 bits per heavy atom. The van der Waals surface area contributed by atoms with Crippen LogP contribution >= 0.6 is 0 Å². The molecule has 2 aromatic heterocycles. The van der Waals surface area contributed by atoms with Crippen LogP contribution in [-0.4, -0.2) is 75.2 Å². The number of amides is 2. The van der Waals surface area contributed by atoms with Crippen LogP contribution in [0.1, 0.15) is 35.6 Å². The predicted octanol–water partition coefficient (Wildman–Crippen LogP) is 0.193. The highest BCUT2D eigenvalue weighted by atomic mass is 16.6. The van der Waals surface area contributed by atoms with Gasteiger partial charge in [0.15, 0.2) is 0 Å². The zero-order chi connectivity index (χ0) is 19.7. The molecule has 2 aliphatic rings. The molecule has 4 heterocycles. The molecular formula is C18H24N6O4. The number of likely N-dealkylation sites (tertiary alicyclic amines) is 1. The van der Waals surface area contributed by atoms with Gasteiger partial charge in [0.25, 0.3) is 0 Å². The van der Waals surface area contributed by atoms with Gasteiger partial charge >= 0.3 is 0 Å². The molecule has 0 unspecified atom stereocenters. The molecule has 1 saturated heterocycles. The van der Waals surface area contributed by atoms with Crippen molar-refractivity contribution in [1.82, 2.24) is 30.1 Å². The summed E-state index contributed by atoms with van der Waals surface area (Å²) >= 11 is 0. The number of H-pyrrole nitrogens is 1. The molecule has 28 heavy (non-hydrogen) atoms. The van der Waals surface area contributed by atoms with Crippen LogP contribution in [0.3, 0.4) is 0 Å². The molecule has 10 heteroatoms. The molecule has 1 N–H and O–H groups in total. The first-order chi connectivity index (χ1) is 13.5. The van der Waals surface area contributed by atoms with Gasteiger partial charge in [-0.3, -0.25) is 9.59 Å². The first-order valence-electron chi connectivity index (χ1n) is 9.43. The topological polar surface area (TPSA) is 117 Å². The van der Waals surface area contributed by atoms with E-state index in [2.05, 4.69) is 24.9 Å². The molecule has 10 nitrogen and oxygen atoms in total. The molecule has 1 fully saturated rings. The molecule has 0 radical (unpaired) electrons. The Kier molecular flexibility index (Phi) is 4.88. The fourth-order valence-corrected chi connectivity index (χ4v) is 4.34. The van der Waals surface area contributed by atoms with E-state index < -0.39 is 5.54 Å². The quantitative estimate of drug-likeness (QED) is 0.794. The van der Waals surface area contributed by atoms with Crippen LogP contribution in [0.25, 0.3) is 0 Å². The van der Waals surface area contributed by atoms with E-state index >= 15 is 0 Å². The summed E-state index contributed by atoms with van der Waals surface area (Å²) in [6.07, 6.45) is 3.88. The molecule has 0 aromatic carbocycles. The lowest BCUT2D eigenvalue weighted by Crippen LogP contribution is -2.59. The third-order valence-corrected chi connectivity index (χ3v) is 5.84. The van der Waals surface area contributed by atoms with Gasteiger partial charge in [-0.1, -0.05) is 10.3 Å². The van der Waals surface area contributed by atoms with Crippen LogP contribution < -0.4 is 0 Å². The van der Waals surface area contributed by atoms with Gasteiger partial charge in [-0.05, 0) is 19.8 Å². The number of nitrogens with zero attached hydrogens (tertiary/aromatic N) is 5. The number of fused-ring (bicyclic) bond motifs is 2. The zero-order valence-corrected chi connectivity index (χ0v) is 16.1. The molecule has 2 aliphatic heterocycles. The van der Waals surface area contributed by atoms with Crippen LogP contribution in [0.2, 0.25) is 0 Å². The molecule has 1 spiro atoms. The number of piperidine rings is 1. The van der Waals surface area contributed by atoms with Crippen molar-refractivity contribution in [1.29, 1.82) is 0 Å². The Bertz CT molecular complexity index is 867. The van der Waals surface area contributed by atoms with Crippen molar-refractivity contribution >= 4 is 11.8 Å². The molecule has 150 valence electrons. The van der Waals surface area contributed by atoms with Gasteiger partial charge in [0.05, 0.1) is 24.0 Å². The van der Waals surface area contributed by atoms with Crippen LogP contribution in [0.5, 0.6) is 0 Å². The second-order valence-corrected chi connectivity index (χ2v) is 7.34. The summed E-state index contributed by atoms with van der Waals surface area (Å²) in [7, 11) is 1.52. The Morgan fingerprint density at radius 2 is 2.04 bits per heavy atom. The van der Waals surface area contributed by atoms with Crippen LogP contribution in [0, 0.1) is 6.92 Å². The third-order valence-electron chi connectivity index (χ3n) is 5.84. The molecule has 2 amide bonds. The fraction of sp³-hybridized carbons (Fsp3) is 0.611. The number of nitrogens with one attached hydrogen (secondary N) is 1. The summed E-state index contributed by atoms with van der Waals surface area (Å²) in [5.41, 5.74) is 2.70. The lowest BCUT2D eigenvalue weighted by Gasteiger charge is -2.50. The first-order valence-corrected chi connectivity index (χ1v) is 9.43. The van der Waals surface area contributed by atoms with Gasteiger partial charge in [0.1, 0.15) is 18.0 Å². The summed E-state index contributed by atoms with van der Waals surface area (Å²) in [4.78, 5) is 36.9. The number of methoxy groups -OCH3 is 1. The van der Waals surface area contributed by atoms with Crippen LogP contribution in [0.15, 0.2) is 11.0 Å². The minimum absolute atomic E-state index is 0.0125. The van der Waals surface area contributed by atoms with Crippen molar-refractivity contribution in [2.75, 3.05) is 33.4 Å². The highest BCUT2D eigenvalue weighted by molar-refractivity contribution is 5.80. The average Bonchev–Trinajstić information content (AvgIpc) is 3.33. The van der Waals surface area contributed by atoms with Crippen molar-refractivity contribution in [3.8, 4) is 0 Å². The van der Waals surface area contributed by atoms with Crippen molar-refractivity contribution < 1.29 is 19.0 Å². The Labute approximate surface area is 162 Å². The number of carbonyl (C=O) groups excluding carboxylic acids is 2. The zero-order valence-electron chi connectivity index (χ0n) is 16.1. The average molecular weight is 388 g/mol. The van der Waals surface area contributed by atoms with Crippen molar-refractivity contribution in [3.63, 3.8) is 0 Å². The SMILES string of the molecule is COCC(=O)N1CCc2[nH]cnc2C12CCN(C(=O)Cc1nonc1C)CC2. The van der Waals surface area contributed by atoms with E-state index in [9.17, 15) is 9.59 Å². The maximum Gasteiger partial charge on any atom is 0.249 e. The van der Waals surface area contributed by atoms with Gasteiger partial charge in [-0.2, -0.15) is 0 Å². The van der Waals surface area contributed by atoms with Gasteiger partial charge in [-0.25, -0.2) is 9.61 Å². The van der Waals surface area contributed by atoms with Crippen molar-refractivity contribution in [2.45, 2.75) is 38.1 Å². The number of imidazole rings is 1. The number of hydrogen-bond donors (Lipinski definition) is 1. The van der Waals surface area contributed by atoms with E-state index in [4.69, 9.17) is 4.74 Å². The number of rotatable bonds is 4. The van der Waals surface area contributed by atoms with Gasteiger partial charge in [-0.15, -0.1) is 0 Å². The number of ether oxygens (including phenoxy) is 1. The Balaban J connectivity index is 1.52. The third kappa shape index (κ3) is 3.07. The molecule has 0 saturated carbocycles. The summed E-state index contributed by atoms with van der Waals surface area (Å²) in [6, 6.07) is 0. The van der Waals surface area contributed by atoms with Crippen LogP contribution in [0.4, 0.5) is 0 Å². The van der Waals surface area contributed by atoms with E-state index in [0.29, 0.717) is 43.9 Å². The molecule has 0 atom stereocenters. The highest BCUT2D eigenvalue weighted by Gasteiger charge is 2.49. The standard InChI is InChI=1S/C18H24N6O4/c1-12-14(22-28-21-12)9-15(25)23-7-4-18(5-8-23)17-13(19-11-20-17)3-6-24(18)16(26)10-27-2/h11H,3-10H2,1-2H3,(H,19,20). The molecule has 0 aliphatic carbocycles. The van der Waals surface area contributed by atoms with E-state index in [1.54, 1.807) is 13.3 Å². The lowest BCUT2D eigenvalue weighted by molar-refractivity contribution is -0.147. The smallest absolute Gasteiger partial charge is 0.249 e. The molecule has 2 aromatic rings. The van der Waals surface area contributed by atoms with Crippen molar-refractivity contribution in [3.05, 3.63) is 29.1 Å². The monoisotopic (exact) mass is 388 g/mol. The van der Waals surface area contributed by atoms with E-state index in [1.807, 2.05) is 9.80 Å². The number of aryl methyl sites for hydroxylation is 1. The highest BCUT2D eigenvalue weighted by Crippen LogP contribution is 2.42. The molecule has 0 bridgehead atoms. The summed E-state index contributed by atoms with van der Waals surface area (Å²) in [5.74, 6) is -0.0540. The number of carbonyl (C=O) groups is 2. The Hall–Kier alpha value is -2.75. The largest absolute Gasteiger partial charge is 0.375 e. The minimum atomic E-state index is -0.495. The van der Waals surface area contributed by atoms with Crippen molar-refractivity contribution in [2.24, 2.45) is 0 Å². The van der Waals surface area contributed by atoms with E-state index in [-0.39, 0.29) is 24.8 Å². The van der Waals surface area contributed by atoms with Gasteiger partial charge < -0.3 is 19.5 Å². The second-order valence-electron chi connectivity index (χ2n) is 7.34. The lowest BCUT2D eigenvalue weighted by atomic mass is 9.78. The van der Waals surface area contributed by atoms with E-state index in [1.165, 1.54) is 7.11 Å². The second kappa shape index (κ2) is 7.34. The molecule has 4 rings (SSSR count). The van der Waals surface area contributed by atoms with E-state index in [0.717, 1.165) is 17.8 Å². The number of aromatic nitrogens is 4. The number of aromatic amines is 1. The van der Waals surface area contributed by atoms with Gasteiger partial charge in [0.2, 0.25) is 11.8 Å². The summed E-state index contributed by atoms with van der Waals surface area (Å²) in [5, 5.41) is 7.52. The maximum atomic E-state index is 12.7.